The van der Waals surface area contributed by atoms with E-state index in [0.717, 1.165) is 5.56 Å². The van der Waals surface area contributed by atoms with E-state index in [4.69, 9.17) is 36.4 Å². The Morgan fingerprint density at radius 2 is 1.74 bits per heavy atom. The van der Waals surface area contributed by atoms with Gasteiger partial charge in [0.25, 0.3) is 0 Å². The van der Waals surface area contributed by atoms with Gasteiger partial charge >= 0.3 is 0 Å². The standard InChI is InChI=1S/C24H33FN6O4/c1-4-5-19(25)8-9-31(28)24(30-27)20-14-18(16-29-23(20)26)17-6-7-21(34-12-10-32-2)22(15-17)35-13-11-33-3/h4-8,14-16H,9-13,27-28H2,1-3H3,(H2,26,29)/b5-4-,19-8+,30-24-. The number of hydrazine groups is 1. The maximum Gasteiger partial charge on any atom is 0.173 e. The molecule has 1 aromatic carbocycles. The molecule has 2 aromatic rings. The number of halogens is 1. The molecule has 0 bridgehead atoms. The van der Waals surface area contributed by atoms with Gasteiger partial charge in [0.05, 0.1) is 25.3 Å². The number of benzene rings is 1. The number of hydrogen-bond donors (Lipinski definition) is 3. The van der Waals surface area contributed by atoms with Crippen molar-refractivity contribution in [3.63, 3.8) is 0 Å². The van der Waals surface area contributed by atoms with Crippen molar-refractivity contribution in [2.45, 2.75) is 6.92 Å². The Balaban J connectivity index is 2.37. The fourth-order valence-corrected chi connectivity index (χ4v) is 3.00. The molecule has 0 aliphatic rings. The second kappa shape index (κ2) is 14.6. The van der Waals surface area contributed by atoms with Crippen molar-refractivity contribution in [3.05, 3.63) is 60.1 Å². The van der Waals surface area contributed by atoms with Crippen LogP contribution in [0.4, 0.5) is 10.2 Å². The highest BCUT2D eigenvalue weighted by molar-refractivity contribution is 6.03. The van der Waals surface area contributed by atoms with E-state index in [1.165, 1.54) is 17.2 Å². The number of nitrogens with two attached hydrogens (primary N) is 3. The van der Waals surface area contributed by atoms with Crippen molar-refractivity contribution in [1.29, 1.82) is 0 Å². The molecule has 11 heteroatoms. The zero-order valence-electron chi connectivity index (χ0n) is 20.2. The van der Waals surface area contributed by atoms with Crippen LogP contribution in [0.15, 0.2) is 59.6 Å². The summed E-state index contributed by atoms with van der Waals surface area (Å²) in [5.74, 6) is 12.7. The van der Waals surface area contributed by atoms with Crippen LogP contribution in [-0.4, -0.2) is 63.0 Å². The molecule has 0 aliphatic carbocycles. The number of pyridine rings is 1. The van der Waals surface area contributed by atoms with E-state index < -0.39 is 5.83 Å². The van der Waals surface area contributed by atoms with Crippen molar-refractivity contribution in [3.8, 4) is 22.6 Å². The van der Waals surface area contributed by atoms with Gasteiger partial charge in [0.2, 0.25) is 0 Å². The minimum absolute atomic E-state index is 0.0148. The molecule has 0 aliphatic heterocycles. The Morgan fingerprint density at radius 1 is 1.06 bits per heavy atom. The minimum atomic E-state index is -0.437. The average molecular weight is 489 g/mol. The van der Waals surface area contributed by atoms with Crippen LogP contribution in [0, 0.1) is 0 Å². The van der Waals surface area contributed by atoms with Crippen LogP contribution in [0.5, 0.6) is 11.5 Å². The molecule has 0 unspecified atom stereocenters. The van der Waals surface area contributed by atoms with Crippen molar-refractivity contribution < 1.29 is 23.3 Å². The van der Waals surface area contributed by atoms with E-state index in [0.29, 0.717) is 49.1 Å². The van der Waals surface area contributed by atoms with Crippen LogP contribution >= 0.6 is 0 Å². The summed E-state index contributed by atoms with van der Waals surface area (Å²) < 4.78 is 35.5. The van der Waals surface area contributed by atoms with Gasteiger partial charge in [0, 0.05) is 26.0 Å². The summed E-state index contributed by atoms with van der Waals surface area (Å²) in [6.07, 6.45) is 5.81. The predicted molar refractivity (Wildman–Crippen MR) is 134 cm³/mol. The van der Waals surface area contributed by atoms with Crippen molar-refractivity contribution >= 4 is 11.7 Å². The number of allylic oxidation sites excluding steroid dienone is 3. The first-order valence-electron chi connectivity index (χ1n) is 10.9. The van der Waals surface area contributed by atoms with Gasteiger partial charge in [0.1, 0.15) is 24.9 Å². The average Bonchev–Trinajstić information content (AvgIpc) is 2.85. The summed E-state index contributed by atoms with van der Waals surface area (Å²) in [6, 6.07) is 7.23. The van der Waals surface area contributed by atoms with E-state index in [2.05, 4.69) is 10.1 Å². The van der Waals surface area contributed by atoms with Gasteiger partial charge in [-0.05, 0) is 42.8 Å². The lowest BCUT2D eigenvalue weighted by atomic mass is 10.0. The Bertz CT molecular complexity index is 1040. The van der Waals surface area contributed by atoms with E-state index in [1.54, 1.807) is 45.5 Å². The molecule has 0 spiro atoms. The third kappa shape index (κ3) is 8.25. The number of methoxy groups -OCH3 is 2. The van der Waals surface area contributed by atoms with Crippen molar-refractivity contribution in [2.75, 3.05) is 52.9 Å². The quantitative estimate of drug-likeness (QED) is 0.0968. The SMILES string of the molecule is C/C=C\C(F)=C/CN(N)/C(=N\N)c1cc(-c2ccc(OCCOC)c(OCCOC)c2)cnc1N. The lowest BCUT2D eigenvalue weighted by molar-refractivity contribution is 0.132. The van der Waals surface area contributed by atoms with Crippen LogP contribution in [0.1, 0.15) is 12.5 Å². The Hall–Kier alpha value is -3.67. The monoisotopic (exact) mass is 488 g/mol. The van der Waals surface area contributed by atoms with Gasteiger partial charge in [-0.25, -0.2) is 15.2 Å². The second-order valence-corrected chi connectivity index (χ2v) is 7.19. The highest BCUT2D eigenvalue weighted by Crippen LogP contribution is 2.33. The molecule has 6 N–H and O–H groups in total. The third-order valence-electron chi connectivity index (χ3n) is 4.73. The minimum Gasteiger partial charge on any atom is -0.487 e. The normalized spacial score (nSPS) is 12.3. The van der Waals surface area contributed by atoms with E-state index >= 15 is 0 Å². The van der Waals surface area contributed by atoms with E-state index in [9.17, 15) is 4.39 Å². The molecule has 0 fully saturated rings. The number of anilines is 1. The van der Waals surface area contributed by atoms with Crippen molar-refractivity contribution in [1.82, 2.24) is 9.99 Å². The summed E-state index contributed by atoms with van der Waals surface area (Å²) in [5.41, 5.74) is 7.97. The topological polar surface area (TPSA) is 143 Å². The maximum absolute atomic E-state index is 13.7. The number of ether oxygens (including phenoxy) is 4. The highest BCUT2D eigenvalue weighted by atomic mass is 19.1. The molecule has 0 radical (unpaired) electrons. The summed E-state index contributed by atoms with van der Waals surface area (Å²) >= 11 is 0. The molecule has 0 atom stereocenters. The summed E-state index contributed by atoms with van der Waals surface area (Å²) in [5, 5.41) is 4.95. The molecular weight excluding hydrogens is 455 g/mol. The fourth-order valence-electron chi connectivity index (χ4n) is 3.00. The van der Waals surface area contributed by atoms with Crippen LogP contribution in [-0.2, 0) is 9.47 Å². The Kier molecular flexibility index (Phi) is 11.5. The molecule has 10 nitrogen and oxygen atoms in total. The number of nitrogens with zero attached hydrogens (tertiary/aromatic N) is 3. The zero-order valence-corrected chi connectivity index (χ0v) is 20.2. The Morgan fingerprint density at radius 3 is 2.37 bits per heavy atom. The lowest BCUT2D eigenvalue weighted by Gasteiger charge is -2.20. The fraction of sp³-hybridized carbons (Fsp3) is 0.333. The van der Waals surface area contributed by atoms with Crippen LogP contribution in [0.3, 0.4) is 0 Å². The van der Waals surface area contributed by atoms with Crippen LogP contribution < -0.4 is 26.9 Å². The van der Waals surface area contributed by atoms with Gasteiger partial charge in [-0.2, -0.15) is 5.10 Å². The number of aromatic nitrogens is 1. The molecule has 35 heavy (non-hydrogen) atoms. The molecule has 0 saturated carbocycles. The van der Waals surface area contributed by atoms with Gasteiger partial charge in [-0.15, -0.1) is 0 Å². The van der Waals surface area contributed by atoms with Crippen LogP contribution in [0.25, 0.3) is 11.1 Å². The number of amidine groups is 1. The van der Waals surface area contributed by atoms with E-state index in [1.807, 2.05) is 12.1 Å². The maximum atomic E-state index is 13.7. The lowest BCUT2D eigenvalue weighted by Crippen LogP contribution is -2.39. The van der Waals surface area contributed by atoms with Gasteiger partial charge < -0.3 is 30.5 Å². The first-order valence-corrected chi connectivity index (χ1v) is 10.9. The number of hydrogen-bond acceptors (Lipinski definition) is 9. The molecule has 0 amide bonds. The molecule has 1 heterocycles. The number of nitrogen functional groups attached to an aromatic ring is 1. The molecule has 2 rings (SSSR count). The zero-order chi connectivity index (χ0) is 25.6. The van der Waals surface area contributed by atoms with Gasteiger partial charge in [-0.3, -0.25) is 5.01 Å². The van der Waals surface area contributed by atoms with Crippen molar-refractivity contribution in [2.24, 2.45) is 16.8 Å². The number of rotatable bonds is 13. The number of hydrazone groups is 1. The first-order chi connectivity index (χ1) is 16.9. The summed E-state index contributed by atoms with van der Waals surface area (Å²) in [4.78, 5) is 4.27. The second-order valence-electron chi connectivity index (χ2n) is 7.19. The largest absolute Gasteiger partial charge is 0.487 e. The van der Waals surface area contributed by atoms with E-state index in [-0.39, 0.29) is 18.2 Å². The third-order valence-corrected chi connectivity index (χ3v) is 4.73. The highest BCUT2D eigenvalue weighted by Gasteiger charge is 2.17. The smallest absolute Gasteiger partial charge is 0.173 e. The predicted octanol–water partition coefficient (Wildman–Crippen LogP) is 2.61. The first kappa shape index (κ1) is 27.6. The molecule has 1 aromatic heterocycles. The molecule has 190 valence electrons. The molecular formula is C24H33FN6O4. The van der Waals surface area contributed by atoms with Crippen LogP contribution in [0.2, 0.25) is 0 Å². The van der Waals surface area contributed by atoms with Gasteiger partial charge in [-0.1, -0.05) is 12.1 Å². The summed E-state index contributed by atoms with van der Waals surface area (Å²) in [6.45, 7) is 3.30. The summed E-state index contributed by atoms with van der Waals surface area (Å²) in [7, 11) is 3.20. The Labute approximate surface area is 204 Å². The van der Waals surface area contributed by atoms with Gasteiger partial charge in [0.15, 0.2) is 17.3 Å². The molecule has 0 saturated heterocycles.